The molecule has 3 N–H and O–H groups in total. The summed E-state index contributed by atoms with van der Waals surface area (Å²) in [7, 11) is 0. The third-order valence-corrected chi connectivity index (χ3v) is 2.11. The molecule has 0 aromatic heterocycles. The first-order chi connectivity index (χ1) is 5.57. The van der Waals surface area contributed by atoms with Gasteiger partial charge in [0.05, 0.1) is 6.42 Å². The molecule has 12 heavy (non-hydrogen) atoms. The van der Waals surface area contributed by atoms with E-state index in [4.69, 9.17) is 10.2 Å². The quantitative estimate of drug-likeness (QED) is 0.544. The second-order valence-corrected chi connectivity index (χ2v) is 2.99. The molecule has 1 aliphatic rings. The molecular formula is C7H11NO4. The third-order valence-electron chi connectivity index (χ3n) is 2.11. The van der Waals surface area contributed by atoms with Gasteiger partial charge in [0, 0.05) is 0 Å². The minimum atomic E-state index is -1.22. The van der Waals surface area contributed by atoms with Crippen molar-refractivity contribution in [1.82, 2.24) is 5.32 Å². The van der Waals surface area contributed by atoms with Gasteiger partial charge in [-0.25, -0.2) is 0 Å². The maximum absolute atomic E-state index is 10.7. The van der Waals surface area contributed by atoms with Crippen LogP contribution >= 0.6 is 0 Å². The van der Waals surface area contributed by atoms with Crippen molar-refractivity contribution in [2.75, 3.05) is 6.54 Å². The number of aliphatic carboxylic acids is 2. The summed E-state index contributed by atoms with van der Waals surface area (Å²) >= 11 is 0. The van der Waals surface area contributed by atoms with E-state index in [1.807, 2.05) is 0 Å². The third kappa shape index (κ3) is 1.55. The molecule has 1 heterocycles. The van der Waals surface area contributed by atoms with Crippen molar-refractivity contribution in [1.29, 1.82) is 0 Å². The van der Waals surface area contributed by atoms with Gasteiger partial charge in [0.2, 0.25) is 0 Å². The second kappa shape index (κ2) is 3.10. The topological polar surface area (TPSA) is 86.6 Å². The van der Waals surface area contributed by atoms with Crippen LogP contribution in [0.3, 0.4) is 0 Å². The molecule has 68 valence electrons. The number of rotatable bonds is 3. The molecule has 0 aromatic rings. The van der Waals surface area contributed by atoms with Gasteiger partial charge >= 0.3 is 11.9 Å². The van der Waals surface area contributed by atoms with Crippen LogP contribution in [-0.2, 0) is 9.59 Å². The standard InChI is InChI=1S/C7H11NO4/c9-5(10)4-7(6(11)12)2-1-3-8-7/h8H,1-4H2,(H,9,10)(H,11,12). The Morgan fingerprint density at radius 2 is 2.08 bits per heavy atom. The second-order valence-electron chi connectivity index (χ2n) is 2.99. The van der Waals surface area contributed by atoms with Crippen molar-refractivity contribution in [3.05, 3.63) is 0 Å². The van der Waals surface area contributed by atoms with E-state index in [9.17, 15) is 9.59 Å². The van der Waals surface area contributed by atoms with Crippen LogP contribution in [0.1, 0.15) is 19.3 Å². The summed E-state index contributed by atoms with van der Waals surface area (Å²) in [6.07, 6.45) is 0.774. The molecule has 5 heteroatoms. The molecule has 1 saturated heterocycles. The predicted octanol–water partition coefficient (Wildman–Crippen LogP) is -0.332. The summed E-state index contributed by atoms with van der Waals surface area (Å²) in [5.74, 6) is -2.14. The average molecular weight is 173 g/mol. The molecule has 0 aliphatic carbocycles. The Kier molecular flexibility index (Phi) is 2.32. The lowest BCUT2D eigenvalue weighted by molar-refractivity contribution is -0.150. The van der Waals surface area contributed by atoms with Gasteiger partial charge in [-0.1, -0.05) is 0 Å². The number of carboxylic acid groups (broad SMARTS) is 2. The van der Waals surface area contributed by atoms with E-state index in [-0.39, 0.29) is 6.42 Å². The Morgan fingerprint density at radius 3 is 2.42 bits per heavy atom. The van der Waals surface area contributed by atoms with Crippen LogP contribution in [0.5, 0.6) is 0 Å². The smallest absolute Gasteiger partial charge is 0.324 e. The largest absolute Gasteiger partial charge is 0.481 e. The van der Waals surface area contributed by atoms with Crippen molar-refractivity contribution >= 4 is 11.9 Å². The van der Waals surface area contributed by atoms with Crippen molar-refractivity contribution in [2.45, 2.75) is 24.8 Å². The molecule has 5 nitrogen and oxygen atoms in total. The molecule has 0 spiro atoms. The lowest BCUT2D eigenvalue weighted by Crippen LogP contribution is -2.49. The highest BCUT2D eigenvalue weighted by Gasteiger charge is 2.42. The highest BCUT2D eigenvalue weighted by molar-refractivity contribution is 5.85. The molecular weight excluding hydrogens is 162 g/mol. The lowest BCUT2D eigenvalue weighted by Gasteiger charge is -2.21. The fraction of sp³-hybridized carbons (Fsp3) is 0.714. The normalized spacial score (nSPS) is 28.7. The van der Waals surface area contributed by atoms with Gasteiger partial charge in [-0.05, 0) is 19.4 Å². The van der Waals surface area contributed by atoms with Crippen LogP contribution in [0, 0.1) is 0 Å². The maximum Gasteiger partial charge on any atom is 0.324 e. The van der Waals surface area contributed by atoms with Crippen molar-refractivity contribution in [2.24, 2.45) is 0 Å². The van der Waals surface area contributed by atoms with E-state index in [0.29, 0.717) is 13.0 Å². The molecule has 1 unspecified atom stereocenters. The van der Waals surface area contributed by atoms with E-state index in [1.54, 1.807) is 0 Å². The molecule has 0 aromatic carbocycles. The van der Waals surface area contributed by atoms with Crippen LogP contribution in [0.4, 0.5) is 0 Å². The first-order valence-corrected chi connectivity index (χ1v) is 3.77. The number of carbonyl (C=O) groups is 2. The summed E-state index contributed by atoms with van der Waals surface area (Å²) in [5, 5.41) is 20.0. The Morgan fingerprint density at radius 1 is 1.42 bits per heavy atom. The zero-order valence-corrected chi connectivity index (χ0v) is 6.54. The minimum absolute atomic E-state index is 0.345. The fourth-order valence-electron chi connectivity index (χ4n) is 1.47. The Bertz CT molecular complexity index is 207. The molecule has 0 amide bonds. The molecule has 0 saturated carbocycles. The van der Waals surface area contributed by atoms with Crippen LogP contribution < -0.4 is 5.32 Å². The monoisotopic (exact) mass is 173 g/mol. The molecule has 0 bridgehead atoms. The summed E-state index contributed by atoms with van der Waals surface area (Å²) in [5.41, 5.74) is -1.22. The van der Waals surface area contributed by atoms with Gasteiger partial charge < -0.3 is 15.5 Å². The van der Waals surface area contributed by atoms with Crippen LogP contribution in [-0.4, -0.2) is 34.2 Å². The summed E-state index contributed by atoms with van der Waals surface area (Å²) in [4.78, 5) is 21.1. The summed E-state index contributed by atoms with van der Waals surface area (Å²) in [6.45, 7) is 0.583. The van der Waals surface area contributed by atoms with E-state index in [0.717, 1.165) is 6.42 Å². The Labute approximate surface area is 69.4 Å². The molecule has 1 atom stereocenters. The molecule has 1 fully saturated rings. The van der Waals surface area contributed by atoms with Crippen molar-refractivity contribution in [3.63, 3.8) is 0 Å². The molecule has 1 rings (SSSR count). The number of hydrogen-bond acceptors (Lipinski definition) is 3. The summed E-state index contributed by atoms with van der Waals surface area (Å²) in [6, 6.07) is 0. The van der Waals surface area contributed by atoms with Crippen molar-refractivity contribution in [3.8, 4) is 0 Å². The highest BCUT2D eigenvalue weighted by atomic mass is 16.4. The Hall–Kier alpha value is -1.10. The average Bonchev–Trinajstić information content (AvgIpc) is 2.35. The molecule has 0 radical (unpaired) electrons. The van der Waals surface area contributed by atoms with Crippen LogP contribution in [0.25, 0.3) is 0 Å². The maximum atomic E-state index is 10.7. The number of hydrogen-bond donors (Lipinski definition) is 3. The van der Waals surface area contributed by atoms with Gasteiger partial charge in [0.15, 0.2) is 0 Å². The van der Waals surface area contributed by atoms with Gasteiger partial charge in [-0.15, -0.1) is 0 Å². The van der Waals surface area contributed by atoms with Crippen molar-refractivity contribution < 1.29 is 19.8 Å². The Balaban J connectivity index is 2.72. The predicted molar refractivity (Wildman–Crippen MR) is 39.9 cm³/mol. The minimum Gasteiger partial charge on any atom is -0.481 e. The SMILES string of the molecule is O=C(O)CC1(C(=O)O)CCCN1. The zero-order valence-electron chi connectivity index (χ0n) is 6.54. The molecule has 1 aliphatic heterocycles. The van der Waals surface area contributed by atoms with Gasteiger partial charge in [-0.2, -0.15) is 0 Å². The van der Waals surface area contributed by atoms with Crippen LogP contribution in [0.2, 0.25) is 0 Å². The fourth-order valence-corrected chi connectivity index (χ4v) is 1.47. The van der Waals surface area contributed by atoms with Gasteiger partial charge in [-0.3, -0.25) is 9.59 Å². The van der Waals surface area contributed by atoms with E-state index >= 15 is 0 Å². The van der Waals surface area contributed by atoms with E-state index < -0.39 is 17.5 Å². The van der Waals surface area contributed by atoms with Gasteiger partial charge in [0.1, 0.15) is 5.54 Å². The van der Waals surface area contributed by atoms with Crippen LogP contribution in [0.15, 0.2) is 0 Å². The van der Waals surface area contributed by atoms with E-state index in [1.165, 1.54) is 0 Å². The zero-order chi connectivity index (χ0) is 9.19. The highest BCUT2D eigenvalue weighted by Crippen LogP contribution is 2.23. The van der Waals surface area contributed by atoms with E-state index in [2.05, 4.69) is 5.32 Å². The lowest BCUT2D eigenvalue weighted by atomic mass is 9.94. The van der Waals surface area contributed by atoms with Gasteiger partial charge in [0.25, 0.3) is 0 Å². The first kappa shape index (κ1) is 8.99. The first-order valence-electron chi connectivity index (χ1n) is 3.77. The summed E-state index contributed by atoms with van der Waals surface area (Å²) < 4.78 is 0. The number of carboxylic acids is 2. The number of nitrogens with one attached hydrogen (secondary N) is 1.